The highest BCUT2D eigenvalue weighted by Gasteiger charge is 2.21. The second-order valence-corrected chi connectivity index (χ2v) is 7.33. The summed E-state index contributed by atoms with van der Waals surface area (Å²) in [5.74, 6) is 0.298. The van der Waals surface area contributed by atoms with Crippen molar-refractivity contribution < 1.29 is 9.59 Å². The Morgan fingerprint density at radius 3 is 2.50 bits per heavy atom. The summed E-state index contributed by atoms with van der Waals surface area (Å²) in [6.45, 7) is 1.50. The molecular formula is C20H20ClN7O2. The Kier molecular flexibility index (Phi) is 5.89. The van der Waals surface area contributed by atoms with Gasteiger partial charge in [-0.15, -0.1) is 5.10 Å². The third-order valence-electron chi connectivity index (χ3n) is 4.88. The lowest BCUT2D eigenvalue weighted by Crippen LogP contribution is -2.35. The second-order valence-electron chi connectivity index (χ2n) is 6.92. The fourth-order valence-corrected chi connectivity index (χ4v) is 3.56. The van der Waals surface area contributed by atoms with E-state index < -0.39 is 6.03 Å². The van der Waals surface area contributed by atoms with E-state index in [1.54, 1.807) is 42.5 Å². The number of halogens is 1. The average molecular weight is 426 g/mol. The number of H-pyrrole nitrogens is 1. The minimum atomic E-state index is -0.480. The fourth-order valence-electron chi connectivity index (χ4n) is 3.37. The third kappa shape index (κ3) is 4.41. The summed E-state index contributed by atoms with van der Waals surface area (Å²) in [5.41, 5.74) is 1.96. The number of benzene rings is 2. The number of tetrazole rings is 1. The Morgan fingerprint density at radius 1 is 1.00 bits per heavy atom. The molecule has 2 heterocycles. The van der Waals surface area contributed by atoms with Gasteiger partial charge in [-0.25, -0.2) is 9.89 Å². The van der Waals surface area contributed by atoms with Crippen molar-refractivity contribution in [2.24, 2.45) is 0 Å². The average Bonchev–Trinajstić information content (AvgIpc) is 3.30. The highest BCUT2D eigenvalue weighted by Crippen LogP contribution is 2.28. The van der Waals surface area contributed by atoms with Crippen LogP contribution in [-0.4, -0.2) is 50.6 Å². The molecule has 2 aromatic carbocycles. The Labute approximate surface area is 177 Å². The van der Waals surface area contributed by atoms with Gasteiger partial charge in [0.05, 0.1) is 16.4 Å². The number of hydrogen-bond acceptors (Lipinski definition) is 5. The summed E-state index contributed by atoms with van der Waals surface area (Å²) in [5, 5.41) is 19.7. The number of nitrogens with zero attached hydrogens (tertiary/aromatic N) is 4. The molecule has 9 nitrogen and oxygen atoms in total. The zero-order valence-corrected chi connectivity index (χ0v) is 16.8. The van der Waals surface area contributed by atoms with E-state index in [2.05, 4.69) is 31.3 Å². The molecule has 3 aromatic rings. The summed E-state index contributed by atoms with van der Waals surface area (Å²) in [6.07, 6.45) is 3.15. The van der Waals surface area contributed by atoms with E-state index in [0.29, 0.717) is 33.3 Å². The van der Waals surface area contributed by atoms with Gasteiger partial charge in [0.25, 0.3) is 5.91 Å². The van der Waals surface area contributed by atoms with Gasteiger partial charge in [0.2, 0.25) is 0 Å². The van der Waals surface area contributed by atoms with Crippen LogP contribution < -0.4 is 10.6 Å². The maximum absolute atomic E-state index is 12.9. The minimum absolute atomic E-state index is 0.0458. The summed E-state index contributed by atoms with van der Waals surface area (Å²) in [7, 11) is 0. The third-order valence-corrected chi connectivity index (χ3v) is 5.21. The van der Waals surface area contributed by atoms with Gasteiger partial charge in [-0.1, -0.05) is 23.7 Å². The van der Waals surface area contributed by atoms with Gasteiger partial charge in [0, 0.05) is 24.2 Å². The minimum Gasteiger partial charge on any atom is -0.339 e. The number of carbonyl (C=O) groups is 2. The van der Waals surface area contributed by atoms with E-state index in [4.69, 9.17) is 11.6 Å². The van der Waals surface area contributed by atoms with Crippen molar-refractivity contribution in [3.63, 3.8) is 0 Å². The summed E-state index contributed by atoms with van der Waals surface area (Å²) in [6, 6.07) is 11.5. The van der Waals surface area contributed by atoms with Gasteiger partial charge >= 0.3 is 6.03 Å². The zero-order valence-electron chi connectivity index (χ0n) is 16.1. The number of piperidine rings is 1. The molecule has 0 bridgehead atoms. The number of aromatic nitrogens is 4. The number of rotatable bonds is 4. The molecule has 0 unspecified atom stereocenters. The number of amides is 3. The molecule has 0 saturated carbocycles. The predicted molar refractivity (Wildman–Crippen MR) is 113 cm³/mol. The number of aromatic amines is 1. The SMILES string of the molecule is O=C(Nc1ccccc1Cl)Nc1ccc(C(=O)N2CCCCC2)cc1-c1nnn[nH]1. The maximum atomic E-state index is 12.9. The smallest absolute Gasteiger partial charge is 0.323 e. The normalized spacial score (nSPS) is 13.7. The summed E-state index contributed by atoms with van der Waals surface area (Å²) >= 11 is 6.10. The van der Waals surface area contributed by atoms with Crippen molar-refractivity contribution in [2.75, 3.05) is 23.7 Å². The van der Waals surface area contributed by atoms with Crippen LogP contribution in [0.5, 0.6) is 0 Å². The molecule has 4 rings (SSSR count). The van der Waals surface area contributed by atoms with Crippen LogP contribution in [0.2, 0.25) is 5.02 Å². The van der Waals surface area contributed by atoms with Crippen molar-refractivity contribution in [3.05, 3.63) is 53.1 Å². The lowest BCUT2D eigenvalue weighted by atomic mass is 10.0. The number of nitrogens with one attached hydrogen (secondary N) is 3. The molecule has 1 aliphatic rings. The van der Waals surface area contributed by atoms with Gasteiger partial charge in [0.1, 0.15) is 0 Å². The molecular weight excluding hydrogens is 406 g/mol. The van der Waals surface area contributed by atoms with Gasteiger partial charge in [-0.05, 0) is 60.0 Å². The van der Waals surface area contributed by atoms with E-state index in [-0.39, 0.29) is 5.91 Å². The first kappa shape index (κ1) is 19.8. The van der Waals surface area contributed by atoms with E-state index in [1.807, 2.05) is 4.90 Å². The highest BCUT2D eigenvalue weighted by atomic mass is 35.5. The fraction of sp³-hybridized carbons (Fsp3) is 0.250. The Bertz CT molecular complexity index is 1050. The molecule has 154 valence electrons. The Hall–Kier alpha value is -3.46. The molecule has 3 amide bonds. The topological polar surface area (TPSA) is 116 Å². The molecule has 0 aliphatic carbocycles. The summed E-state index contributed by atoms with van der Waals surface area (Å²) < 4.78 is 0. The molecule has 0 radical (unpaired) electrons. The number of likely N-dealkylation sites (tertiary alicyclic amines) is 1. The zero-order chi connectivity index (χ0) is 20.9. The first-order valence-corrected chi connectivity index (χ1v) is 9.99. The van der Waals surface area contributed by atoms with Crippen molar-refractivity contribution >= 4 is 34.9 Å². The first-order valence-electron chi connectivity index (χ1n) is 9.62. The molecule has 1 aromatic heterocycles. The van der Waals surface area contributed by atoms with Crippen LogP contribution in [0.1, 0.15) is 29.6 Å². The van der Waals surface area contributed by atoms with Crippen LogP contribution in [0.4, 0.5) is 16.2 Å². The van der Waals surface area contributed by atoms with Crippen LogP contribution in [0.15, 0.2) is 42.5 Å². The monoisotopic (exact) mass is 425 g/mol. The summed E-state index contributed by atoms with van der Waals surface area (Å²) in [4.78, 5) is 27.2. The maximum Gasteiger partial charge on any atom is 0.323 e. The molecule has 0 atom stereocenters. The van der Waals surface area contributed by atoms with Gasteiger partial charge in [-0.2, -0.15) is 0 Å². The molecule has 1 fully saturated rings. The molecule has 30 heavy (non-hydrogen) atoms. The molecule has 0 spiro atoms. The van der Waals surface area contributed by atoms with Crippen molar-refractivity contribution in [1.82, 2.24) is 25.5 Å². The molecule has 10 heteroatoms. The lowest BCUT2D eigenvalue weighted by molar-refractivity contribution is 0.0724. The van der Waals surface area contributed by atoms with E-state index in [9.17, 15) is 9.59 Å². The standard InChI is InChI=1S/C20H20ClN7O2/c21-15-6-2-3-7-17(15)23-20(30)22-16-9-8-13(12-14(16)18-24-26-27-25-18)19(29)28-10-4-1-5-11-28/h2-3,6-9,12H,1,4-5,10-11H2,(H2,22,23,30)(H,24,25,26,27). The highest BCUT2D eigenvalue weighted by molar-refractivity contribution is 6.33. The second kappa shape index (κ2) is 8.91. The van der Waals surface area contributed by atoms with Gasteiger partial charge < -0.3 is 15.5 Å². The Morgan fingerprint density at radius 2 is 1.77 bits per heavy atom. The number of anilines is 2. The number of hydrogen-bond donors (Lipinski definition) is 3. The van der Waals surface area contributed by atoms with Crippen molar-refractivity contribution in [2.45, 2.75) is 19.3 Å². The van der Waals surface area contributed by atoms with Crippen molar-refractivity contribution in [1.29, 1.82) is 0 Å². The van der Waals surface area contributed by atoms with Gasteiger partial charge in [-0.3, -0.25) is 4.79 Å². The van der Waals surface area contributed by atoms with Crippen LogP contribution in [0.3, 0.4) is 0 Å². The quantitative estimate of drug-likeness (QED) is 0.588. The molecule has 1 aliphatic heterocycles. The lowest BCUT2D eigenvalue weighted by Gasteiger charge is -2.27. The van der Waals surface area contributed by atoms with Crippen LogP contribution >= 0.6 is 11.6 Å². The van der Waals surface area contributed by atoms with Crippen LogP contribution in [0.25, 0.3) is 11.4 Å². The Balaban J connectivity index is 1.58. The van der Waals surface area contributed by atoms with E-state index in [0.717, 1.165) is 32.4 Å². The number of para-hydroxylation sites is 1. The van der Waals surface area contributed by atoms with Gasteiger partial charge in [0.15, 0.2) is 5.82 Å². The molecule has 1 saturated heterocycles. The first-order chi connectivity index (χ1) is 14.6. The van der Waals surface area contributed by atoms with E-state index >= 15 is 0 Å². The van der Waals surface area contributed by atoms with Crippen LogP contribution in [0, 0.1) is 0 Å². The molecule has 3 N–H and O–H groups in total. The largest absolute Gasteiger partial charge is 0.339 e. The number of carbonyl (C=O) groups excluding carboxylic acids is 2. The van der Waals surface area contributed by atoms with Crippen LogP contribution in [-0.2, 0) is 0 Å². The van der Waals surface area contributed by atoms with Crippen molar-refractivity contribution in [3.8, 4) is 11.4 Å². The number of urea groups is 1. The predicted octanol–water partition coefficient (Wildman–Crippen LogP) is 3.79. The van der Waals surface area contributed by atoms with E-state index in [1.165, 1.54) is 0 Å².